The lowest BCUT2D eigenvalue weighted by Crippen LogP contribution is -2.41. The maximum absolute atomic E-state index is 11.8. The summed E-state index contributed by atoms with van der Waals surface area (Å²) in [5.41, 5.74) is -0.457. The van der Waals surface area contributed by atoms with Crippen LogP contribution in [0.1, 0.15) is 47.5 Å². The number of nitrogens with one attached hydrogen (secondary N) is 2. The highest BCUT2D eigenvalue weighted by molar-refractivity contribution is 7.89. The van der Waals surface area contributed by atoms with Crippen molar-refractivity contribution < 1.29 is 13.2 Å². The second-order valence-corrected chi connectivity index (χ2v) is 7.58. The summed E-state index contributed by atoms with van der Waals surface area (Å²) in [7, 11) is -3.19. The molecule has 5 nitrogen and oxygen atoms in total. The molecular formula is C13H30N2O3S. The van der Waals surface area contributed by atoms with Crippen LogP contribution in [-0.4, -0.2) is 45.5 Å². The van der Waals surface area contributed by atoms with Crippen molar-refractivity contribution in [1.29, 1.82) is 0 Å². The first kappa shape index (κ1) is 18.8. The van der Waals surface area contributed by atoms with Gasteiger partial charge in [-0.2, -0.15) is 0 Å². The minimum absolute atomic E-state index is 0.176. The molecule has 2 N–H and O–H groups in total. The standard InChI is InChI=1S/C13H30N2O3S/c1-6-18-13(4,5)11-15-19(16,17)10-8-7-9-14-12(2)3/h12,14-15H,6-11H2,1-5H3. The Bertz CT molecular complexity index is 327. The average molecular weight is 294 g/mol. The molecule has 0 saturated carbocycles. The molecule has 0 rings (SSSR count). The Hall–Kier alpha value is -0.170. The summed E-state index contributed by atoms with van der Waals surface area (Å²) in [6.45, 7) is 11.6. The van der Waals surface area contributed by atoms with E-state index in [0.29, 0.717) is 25.6 Å². The summed E-state index contributed by atoms with van der Waals surface area (Å²) < 4.78 is 31.7. The first-order valence-corrected chi connectivity index (χ1v) is 8.68. The van der Waals surface area contributed by atoms with E-state index in [1.54, 1.807) is 0 Å². The van der Waals surface area contributed by atoms with Crippen molar-refractivity contribution in [2.75, 3.05) is 25.4 Å². The Morgan fingerprint density at radius 2 is 1.84 bits per heavy atom. The van der Waals surface area contributed by atoms with E-state index >= 15 is 0 Å². The van der Waals surface area contributed by atoms with Crippen molar-refractivity contribution in [3.63, 3.8) is 0 Å². The molecule has 116 valence electrons. The van der Waals surface area contributed by atoms with E-state index in [-0.39, 0.29) is 5.75 Å². The van der Waals surface area contributed by atoms with Crippen LogP contribution in [0.3, 0.4) is 0 Å². The third kappa shape index (κ3) is 11.4. The van der Waals surface area contributed by atoms with Gasteiger partial charge >= 0.3 is 0 Å². The monoisotopic (exact) mass is 294 g/mol. The highest BCUT2D eigenvalue weighted by atomic mass is 32.2. The molecule has 0 bridgehead atoms. The molecule has 19 heavy (non-hydrogen) atoms. The fourth-order valence-electron chi connectivity index (χ4n) is 1.61. The van der Waals surface area contributed by atoms with Gasteiger partial charge in [0.1, 0.15) is 0 Å². The molecule has 0 radical (unpaired) electrons. The van der Waals surface area contributed by atoms with Crippen LogP contribution >= 0.6 is 0 Å². The van der Waals surface area contributed by atoms with Crippen LogP contribution in [-0.2, 0) is 14.8 Å². The first-order chi connectivity index (χ1) is 8.68. The highest BCUT2D eigenvalue weighted by Gasteiger charge is 2.20. The third-order valence-electron chi connectivity index (χ3n) is 2.65. The van der Waals surface area contributed by atoms with Gasteiger partial charge in [0.2, 0.25) is 10.0 Å². The quantitative estimate of drug-likeness (QED) is 0.567. The molecule has 0 fully saturated rings. The van der Waals surface area contributed by atoms with E-state index in [0.717, 1.165) is 13.0 Å². The number of hydrogen-bond acceptors (Lipinski definition) is 4. The summed E-state index contributed by atoms with van der Waals surface area (Å²) >= 11 is 0. The lowest BCUT2D eigenvalue weighted by Gasteiger charge is -2.24. The largest absolute Gasteiger partial charge is 0.375 e. The van der Waals surface area contributed by atoms with E-state index < -0.39 is 15.6 Å². The summed E-state index contributed by atoms with van der Waals surface area (Å²) in [5.74, 6) is 0.176. The molecule has 0 saturated heterocycles. The Kier molecular flexibility index (Phi) is 8.81. The number of hydrogen-bond donors (Lipinski definition) is 2. The summed E-state index contributed by atoms with van der Waals surface area (Å²) in [6.07, 6.45) is 1.54. The van der Waals surface area contributed by atoms with Gasteiger partial charge < -0.3 is 10.1 Å². The molecule has 0 aliphatic heterocycles. The van der Waals surface area contributed by atoms with Crippen LogP contribution in [0.25, 0.3) is 0 Å². The molecule has 0 atom stereocenters. The zero-order valence-electron chi connectivity index (χ0n) is 13.0. The Morgan fingerprint density at radius 1 is 1.21 bits per heavy atom. The predicted octanol–water partition coefficient (Wildman–Crippen LogP) is 1.50. The molecule has 6 heteroatoms. The van der Waals surface area contributed by atoms with Crippen LogP contribution < -0.4 is 10.0 Å². The highest BCUT2D eigenvalue weighted by Crippen LogP contribution is 2.07. The van der Waals surface area contributed by atoms with Gasteiger partial charge in [0.15, 0.2) is 0 Å². The topological polar surface area (TPSA) is 67.4 Å². The molecule has 0 aliphatic carbocycles. The van der Waals surface area contributed by atoms with Crippen molar-refractivity contribution >= 4 is 10.0 Å². The van der Waals surface area contributed by atoms with E-state index in [2.05, 4.69) is 23.9 Å². The summed E-state index contributed by atoms with van der Waals surface area (Å²) in [4.78, 5) is 0. The maximum atomic E-state index is 11.8. The van der Waals surface area contributed by atoms with E-state index in [1.807, 2.05) is 20.8 Å². The molecule has 0 amide bonds. The number of ether oxygens (including phenoxy) is 1. The average Bonchev–Trinajstić information content (AvgIpc) is 2.26. The van der Waals surface area contributed by atoms with Gasteiger partial charge in [-0.25, -0.2) is 13.1 Å². The lowest BCUT2D eigenvalue weighted by molar-refractivity contribution is -0.00515. The molecule has 0 aromatic rings. The molecule has 0 aromatic carbocycles. The third-order valence-corrected chi connectivity index (χ3v) is 4.06. The minimum Gasteiger partial charge on any atom is -0.375 e. The van der Waals surface area contributed by atoms with Gasteiger partial charge in [-0.3, -0.25) is 0 Å². The van der Waals surface area contributed by atoms with Crippen molar-refractivity contribution in [3.8, 4) is 0 Å². The Balaban J connectivity index is 3.87. The second-order valence-electron chi connectivity index (χ2n) is 5.65. The van der Waals surface area contributed by atoms with Crippen molar-refractivity contribution in [3.05, 3.63) is 0 Å². The summed E-state index contributed by atoms with van der Waals surface area (Å²) in [5, 5.41) is 3.27. The van der Waals surface area contributed by atoms with Crippen LogP contribution in [0.2, 0.25) is 0 Å². The fourth-order valence-corrected chi connectivity index (χ4v) is 2.90. The van der Waals surface area contributed by atoms with Gasteiger partial charge in [-0.05, 0) is 40.2 Å². The molecule has 0 heterocycles. The Morgan fingerprint density at radius 3 is 2.37 bits per heavy atom. The SMILES string of the molecule is CCOC(C)(C)CNS(=O)(=O)CCCCNC(C)C. The smallest absolute Gasteiger partial charge is 0.211 e. The molecule has 0 unspecified atom stereocenters. The van der Waals surface area contributed by atoms with Crippen LogP contribution in [0.15, 0.2) is 0 Å². The van der Waals surface area contributed by atoms with Gasteiger partial charge in [-0.15, -0.1) is 0 Å². The van der Waals surface area contributed by atoms with Crippen molar-refractivity contribution in [2.24, 2.45) is 0 Å². The van der Waals surface area contributed by atoms with Gasteiger partial charge in [0.05, 0.1) is 11.4 Å². The number of sulfonamides is 1. The second kappa shape index (κ2) is 8.89. The number of unbranched alkanes of at least 4 members (excludes halogenated alkanes) is 1. The molecule has 0 aliphatic rings. The normalized spacial score (nSPS) is 13.2. The minimum atomic E-state index is -3.19. The first-order valence-electron chi connectivity index (χ1n) is 7.03. The van der Waals surface area contributed by atoms with Crippen molar-refractivity contribution in [2.45, 2.75) is 59.1 Å². The molecule has 0 aromatic heterocycles. The van der Waals surface area contributed by atoms with Crippen molar-refractivity contribution in [1.82, 2.24) is 10.0 Å². The zero-order chi connectivity index (χ0) is 14.9. The lowest BCUT2D eigenvalue weighted by atomic mass is 10.1. The fraction of sp³-hybridized carbons (Fsp3) is 1.00. The van der Waals surface area contributed by atoms with Crippen LogP contribution in [0.4, 0.5) is 0 Å². The van der Waals surface area contributed by atoms with Crippen LogP contribution in [0.5, 0.6) is 0 Å². The molecule has 0 spiro atoms. The van der Waals surface area contributed by atoms with E-state index in [4.69, 9.17) is 4.74 Å². The number of rotatable bonds is 11. The Labute approximate surface area is 118 Å². The van der Waals surface area contributed by atoms with E-state index in [1.165, 1.54) is 0 Å². The molecular weight excluding hydrogens is 264 g/mol. The maximum Gasteiger partial charge on any atom is 0.211 e. The van der Waals surface area contributed by atoms with Gasteiger partial charge in [0, 0.05) is 19.2 Å². The van der Waals surface area contributed by atoms with Crippen LogP contribution in [0, 0.1) is 0 Å². The summed E-state index contributed by atoms with van der Waals surface area (Å²) in [6, 6.07) is 0.446. The van der Waals surface area contributed by atoms with Gasteiger partial charge in [0.25, 0.3) is 0 Å². The predicted molar refractivity (Wildman–Crippen MR) is 79.9 cm³/mol. The zero-order valence-corrected chi connectivity index (χ0v) is 13.8. The van der Waals surface area contributed by atoms with E-state index in [9.17, 15) is 8.42 Å². The van der Waals surface area contributed by atoms with Gasteiger partial charge in [-0.1, -0.05) is 13.8 Å².